The number of likely N-dealkylation sites (tertiary alicyclic amines) is 1. The molecule has 0 unspecified atom stereocenters. The van der Waals surface area contributed by atoms with Crippen LogP contribution in [0.5, 0.6) is 0 Å². The Morgan fingerprint density at radius 1 is 1.43 bits per heavy atom. The van der Waals surface area contributed by atoms with Crippen LogP contribution in [0.2, 0.25) is 0 Å². The van der Waals surface area contributed by atoms with Crippen LogP contribution >= 0.6 is 0 Å². The Labute approximate surface area is 125 Å². The lowest BCUT2D eigenvalue weighted by Gasteiger charge is -2.23. The first-order chi connectivity index (χ1) is 10.2. The molecule has 6 heteroatoms. The Balaban J connectivity index is 2.02. The van der Waals surface area contributed by atoms with Gasteiger partial charge in [0.1, 0.15) is 0 Å². The van der Waals surface area contributed by atoms with Crippen molar-refractivity contribution >= 4 is 0 Å². The molecule has 0 amide bonds. The Bertz CT molecular complexity index is 539. The Morgan fingerprint density at radius 3 is 2.86 bits per heavy atom. The third-order valence-electron chi connectivity index (χ3n) is 3.86. The molecule has 2 heterocycles. The molecule has 1 aliphatic heterocycles. The molecule has 0 N–H and O–H groups in total. The van der Waals surface area contributed by atoms with Crippen LogP contribution in [0.3, 0.4) is 0 Å². The maximum absolute atomic E-state index is 9.21. The highest BCUT2D eigenvalue weighted by Crippen LogP contribution is 2.31. The van der Waals surface area contributed by atoms with E-state index in [9.17, 15) is 5.26 Å². The summed E-state index contributed by atoms with van der Waals surface area (Å²) >= 11 is 0. The van der Waals surface area contributed by atoms with Gasteiger partial charge in [0.05, 0.1) is 24.1 Å². The van der Waals surface area contributed by atoms with Gasteiger partial charge in [0, 0.05) is 18.9 Å². The second-order valence-corrected chi connectivity index (χ2v) is 5.82. The first-order valence-corrected chi connectivity index (χ1v) is 7.49. The van der Waals surface area contributed by atoms with Gasteiger partial charge in [0.15, 0.2) is 5.82 Å². The predicted molar refractivity (Wildman–Crippen MR) is 75.9 cm³/mol. The topological polar surface area (TPSA) is 89.7 Å². The van der Waals surface area contributed by atoms with E-state index in [2.05, 4.69) is 27.2 Å². The lowest BCUT2D eigenvalue weighted by atomic mass is 10.0. The lowest BCUT2D eigenvalue weighted by Crippen LogP contribution is -2.29. The van der Waals surface area contributed by atoms with Crippen LogP contribution in [0.15, 0.2) is 4.52 Å². The lowest BCUT2D eigenvalue weighted by molar-refractivity contribution is 0.219. The summed E-state index contributed by atoms with van der Waals surface area (Å²) in [6, 6.07) is 4.55. The minimum absolute atomic E-state index is 0.110. The highest BCUT2D eigenvalue weighted by molar-refractivity contribution is 5.01. The fourth-order valence-electron chi connectivity index (χ4n) is 2.67. The second-order valence-electron chi connectivity index (χ2n) is 5.82. The highest BCUT2D eigenvalue weighted by atomic mass is 16.5. The maximum atomic E-state index is 9.21. The summed E-state index contributed by atoms with van der Waals surface area (Å²) in [5, 5.41) is 22.0. The third-order valence-corrected chi connectivity index (χ3v) is 3.86. The minimum atomic E-state index is -0.110. The van der Waals surface area contributed by atoms with Gasteiger partial charge in [-0.1, -0.05) is 19.0 Å². The molecule has 1 fully saturated rings. The summed E-state index contributed by atoms with van der Waals surface area (Å²) in [6.07, 6.45) is 3.12. The van der Waals surface area contributed by atoms with Crippen molar-refractivity contribution in [2.24, 2.45) is 5.92 Å². The number of aromatic nitrogens is 2. The molecule has 0 aromatic carbocycles. The summed E-state index contributed by atoms with van der Waals surface area (Å²) in [5.41, 5.74) is 0. The first kappa shape index (κ1) is 15.5. The number of nitrogens with zero attached hydrogens (tertiary/aromatic N) is 5. The standard InChI is InChI=1S/C15H21N5O/c1-11(2)15-18-14(19-21-15)13-6-4-8-20(13)10-12(9-17)5-3-7-16/h11-13H,3-6,8,10H2,1-2H3/t12-,13+/m1/s1. The molecular formula is C15H21N5O. The molecule has 1 aliphatic rings. The van der Waals surface area contributed by atoms with Crippen LogP contribution in [0.25, 0.3) is 0 Å². The smallest absolute Gasteiger partial charge is 0.229 e. The Hall–Kier alpha value is -1.92. The third kappa shape index (κ3) is 3.80. The molecule has 0 spiro atoms. The van der Waals surface area contributed by atoms with Crippen LogP contribution in [-0.2, 0) is 0 Å². The molecule has 21 heavy (non-hydrogen) atoms. The Kier molecular flexibility index (Phi) is 5.30. The zero-order valence-electron chi connectivity index (χ0n) is 12.6. The number of hydrogen-bond donors (Lipinski definition) is 0. The van der Waals surface area contributed by atoms with Gasteiger partial charge in [-0.3, -0.25) is 4.90 Å². The summed E-state index contributed by atoms with van der Waals surface area (Å²) in [7, 11) is 0. The van der Waals surface area contributed by atoms with Gasteiger partial charge in [0.25, 0.3) is 0 Å². The normalized spacial score (nSPS) is 20.3. The van der Waals surface area contributed by atoms with E-state index in [1.54, 1.807) is 0 Å². The van der Waals surface area contributed by atoms with Crippen LogP contribution in [0.4, 0.5) is 0 Å². The monoisotopic (exact) mass is 287 g/mol. The van der Waals surface area contributed by atoms with Gasteiger partial charge in [-0.15, -0.1) is 0 Å². The predicted octanol–water partition coefficient (Wildman–Crippen LogP) is 2.77. The number of nitriles is 2. The Morgan fingerprint density at radius 2 is 2.24 bits per heavy atom. The average molecular weight is 287 g/mol. The van der Waals surface area contributed by atoms with Crippen molar-refractivity contribution in [2.45, 2.75) is 51.5 Å². The molecule has 0 saturated carbocycles. The molecular weight excluding hydrogens is 266 g/mol. The van der Waals surface area contributed by atoms with Crippen molar-refractivity contribution in [1.82, 2.24) is 15.0 Å². The molecule has 0 radical (unpaired) electrons. The summed E-state index contributed by atoms with van der Waals surface area (Å²) < 4.78 is 5.29. The summed E-state index contributed by atoms with van der Waals surface area (Å²) in [6.45, 7) is 5.67. The summed E-state index contributed by atoms with van der Waals surface area (Å²) in [5.74, 6) is 1.51. The average Bonchev–Trinajstić information content (AvgIpc) is 3.11. The molecule has 112 valence electrons. The van der Waals surface area contributed by atoms with Crippen LogP contribution < -0.4 is 0 Å². The fourth-order valence-corrected chi connectivity index (χ4v) is 2.67. The minimum Gasteiger partial charge on any atom is -0.339 e. The van der Waals surface area contributed by atoms with Crippen molar-refractivity contribution in [3.8, 4) is 12.1 Å². The van der Waals surface area contributed by atoms with Gasteiger partial charge in [-0.25, -0.2) is 0 Å². The van der Waals surface area contributed by atoms with Crippen LogP contribution in [0.1, 0.15) is 63.2 Å². The molecule has 1 aromatic heterocycles. The van der Waals surface area contributed by atoms with Gasteiger partial charge < -0.3 is 4.52 Å². The van der Waals surface area contributed by atoms with E-state index < -0.39 is 0 Å². The van der Waals surface area contributed by atoms with Crippen LogP contribution in [0, 0.1) is 28.6 Å². The molecule has 0 aliphatic carbocycles. The van der Waals surface area contributed by atoms with Crippen molar-refractivity contribution in [3.05, 3.63) is 11.7 Å². The van der Waals surface area contributed by atoms with Gasteiger partial charge in [-0.2, -0.15) is 15.5 Å². The molecule has 1 aromatic rings. The molecule has 2 atom stereocenters. The van der Waals surface area contributed by atoms with Crippen molar-refractivity contribution in [1.29, 1.82) is 10.5 Å². The van der Waals surface area contributed by atoms with Crippen LogP contribution in [-0.4, -0.2) is 28.1 Å². The van der Waals surface area contributed by atoms with Gasteiger partial charge in [-0.05, 0) is 25.8 Å². The van der Waals surface area contributed by atoms with Gasteiger partial charge >= 0.3 is 0 Å². The molecule has 2 rings (SSSR count). The second kappa shape index (κ2) is 7.19. The highest BCUT2D eigenvalue weighted by Gasteiger charge is 2.31. The molecule has 0 bridgehead atoms. The number of hydrogen-bond acceptors (Lipinski definition) is 6. The largest absolute Gasteiger partial charge is 0.339 e. The van der Waals surface area contributed by atoms with Gasteiger partial charge in [0.2, 0.25) is 5.89 Å². The zero-order chi connectivity index (χ0) is 15.2. The van der Waals surface area contributed by atoms with E-state index in [0.29, 0.717) is 25.3 Å². The van der Waals surface area contributed by atoms with E-state index in [1.165, 1.54) is 0 Å². The summed E-state index contributed by atoms with van der Waals surface area (Å²) in [4.78, 5) is 6.73. The molecule has 1 saturated heterocycles. The van der Waals surface area contributed by atoms with E-state index in [0.717, 1.165) is 25.2 Å². The van der Waals surface area contributed by atoms with Crippen molar-refractivity contribution in [3.63, 3.8) is 0 Å². The fraction of sp³-hybridized carbons (Fsp3) is 0.733. The zero-order valence-corrected chi connectivity index (χ0v) is 12.6. The van der Waals surface area contributed by atoms with E-state index in [4.69, 9.17) is 9.78 Å². The van der Waals surface area contributed by atoms with Crippen molar-refractivity contribution in [2.75, 3.05) is 13.1 Å². The SMILES string of the molecule is CC(C)c1nc([C@@H]2CCCN2C[C@@H](C#N)CCC#N)no1. The first-order valence-electron chi connectivity index (χ1n) is 7.49. The van der Waals surface area contributed by atoms with E-state index >= 15 is 0 Å². The quantitative estimate of drug-likeness (QED) is 0.799. The van der Waals surface area contributed by atoms with E-state index in [1.807, 2.05) is 13.8 Å². The van der Waals surface area contributed by atoms with E-state index in [-0.39, 0.29) is 17.9 Å². The molecule has 6 nitrogen and oxygen atoms in total. The van der Waals surface area contributed by atoms with Crippen molar-refractivity contribution < 1.29 is 4.52 Å². The maximum Gasteiger partial charge on any atom is 0.229 e. The number of rotatable bonds is 6.